The molecule has 0 aliphatic carbocycles. The van der Waals surface area contributed by atoms with E-state index in [0.29, 0.717) is 8.95 Å². The van der Waals surface area contributed by atoms with Crippen molar-refractivity contribution in [1.82, 2.24) is 0 Å². The molecule has 20 heavy (non-hydrogen) atoms. The van der Waals surface area contributed by atoms with Gasteiger partial charge in [-0.05, 0) is 52.3 Å². The van der Waals surface area contributed by atoms with Crippen molar-refractivity contribution in [2.75, 3.05) is 4.72 Å². The molecule has 0 spiro atoms. The zero-order valence-electron chi connectivity index (χ0n) is 9.70. The summed E-state index contributed by atoms with van der Waals surface area (Å²) < 4.78 is 41.0. The van der Waals surface area contributed by atoms with Gasteiger partial charge in [-0.25, -0.2) is 12.8 Å². The summed E-state index contributed by atoms with van der Waals surface area (Å²) in [4.78, 5) is 0.0623. The first-order chi connectivity index (χ1) is 9.29. The molecule has 3 nitrogen and oxygen atoms in total. The van der Waals surface area contributed by atoms with Gasteiger partial charge in [0.05, 0.1) is 10.7 Å². The maximum absolute atomic E-state index is 13.0. The molecule has 2 aromatic rings. The van der Waals surface area contributed by atoms with Crippen molar-refractivity contribution in [3.63, 3.8) is 0 Å². The summed E-state index contributed by atoms with van der Waals surface area (Å²) in [6.07, 6.45) is 0. The van der Waals surface area contributed by atoms with E-state index in [9.17, 15) is 12.8 Å². The molecule has 2 aromatic carbocycles. The molecular weight excluding hydrogens is 436 g/mol. The molecule has 0 atom stereocenters. The number of halogens is 4. The summed E-state index contributed by atoms with van der Waals surface area (Å²) >= 11 is 12.0. The van der Waals surface area contributed by atoms with Crippen LogP contribution in [0.15, 0.2) is 50.2 Å². The Labute approximate surface area is 137 Å². The highest BCUT2D eigenvalue weighted by atomic mass is 79.9. The third-order valence-corrected chi connectivity index (χ3v) is 5.51. The van der Waals surface area contributed by atoms with Crippen LogP contribution in [0.2, 0.25) is 5.02 Å². The van der Waals surface area contributed by atoms with Gasteiger partial charge in [-0.15, -0.1) is 0 Å². The summed E-state index contributed by atoms with van der Waals surface area (Å²) in [5.74, 6) is -0.613. The van der Waals surface area contributed by atoms with Crippen molar-refractivity contribution in [2.24, 2.45) is 0 Å². The van der Waals surface area contributed by atoms with Crippen molar-refractivity contribution >= 4 is 59.2 Å². The van der Waals surface area contributed by atoms with Crippen LogP contribution in [0.1, 0.15) is 0 Å². The Balaban J connectivity index is 2.40. The highest BCUT2D eigenvalue weighted by Crippen LogP contribution is 2.28. The first-order valence-corrected chi connectivity index (χ1v) is 8.67. The number of hydrogen-bond acceptors (Lipinski definition) is 2. The van der Waals surface area contributed by atoms with Gasteiger partial charge in [0, 0.05) is 8.95 Å². The molecule has 0 aliphatic rings. The van der Waals surface area contributed by atoms with Crippen LogP contribution >= 0.6 is 43.5 Å². The van der Waals surface area contributed by atoms with Crippen LogP contribution < -0.4 is 4.72 Å². The van der Waals surface area contributed by atoms with Gasteiger partial charge in [0.1, 0.15) is 10.7 Å². The van der Waals surface area contributed by atoms with E-state index in [4.69, 9.17) is 11.6 Å². The average molecular weight is 444 g/mol. The number of benzene rings is 2. The summed E-state index contributed by atoms with van der Waals surface area (Å²) in [5.41, 5.74) is 0.184. The molecule has 0 saturated carbocycles. The molecule has 0 aliphatic heterocycles. The first kappa shape index (κ1) is 15.8. The van der Waals surface area contributed by atoms with Crippen molar-refractivity contribution in [2.45, 2.75) is 4.90 Å². The Bertz CT molecular complexity index is 768. The minimum Gasteiger partial charge on any atom is -0.280 e. The lowest BCUT2D eigenvalue weighted by Gasteiger charge is -2.10. The van der Waals surface area contributed by atoms with Crippen LogP contribution in [0, 0.1) is 5.82 Å². The topological polar surface area (TPSA) is 46.2 Å². The molecule has 0 saturated heterocycles. The van der Waals surface area contributed by atoms with Gasteiger partial charge in [0.25, 0.3) is 10.0 Å². The molecule has 2 rings (SSSR count). The van der Waals surface area contributed by atoms with Gasteiger partial charge >= 0.3 is 0 Å². The lowest BCUT2D eigenvalue weighted by molar-refractivity contribution is 0.600. The Hall–Kier alpha value is -0.630. The summed E-state index contributed by atoms with van der Waals surface area (Å²) in [5, 5.41) is -0.154. The fraction of sp³-hybridized carbons (Fsp3) is 0. The van der Waals surface area contributed by atoms with Crippen LogP contribution in [0.25, 0.3) is 0 Å². The molecule has 106 valence electrons. The molecular formula is C12H7Br2ClFNO2S. The highest BCUT2D eigenvalue weighted by molar-refractivity contribution is 9.11. The van der Waals surface area contributed by atoms with E-state index in [0.717, 1.165) is 6.07 Å². The normalized spacial score (nSPS) is 11.4. The second-order valence-electron chi connectivity index (χ2n) is 3.81. The summed E-state index contributed by atoms with van der Waals surface area (Å²) in [6.45, 7) is 0. The Morgan fingerprint density at radius 2 is 1.80 bits per heavy atom. The summed E-state index contributed by atoms with van der Waals surface area (Å²) in [7, 11) is -3.80. The monoisotopic (exact) mass is 441 g/mol. The van der Waals surface area contributed by atoms with Crippen molar-refractivity contribution in [3.05, 3.63) is 56.2 Å². The van der Waals surface area contributed by atoms with E-state index in [2.05, 4.69) is 36.6 Å². The van der Waals surface area contributed by atoms with E-state index in [1.54, 1.807) is 12.1 Å². The number of anilines is 1. The Morgan fingerprint density at radius 3 is 2.45 bits per heavy atom. The lowest BCUT2D eigenvalue weighted by atomic mass is 10.3. The van der Waals surface area contributed by atoms with Gasteiger partial charge in [-0.3, -0.25) is 4.72 Å². The SMILES string of the molecule is O=S(=O)(Nc1ccc(F)c(Cl)c1)c1cc(Br)ccc1Br. The number of nitrogens with one attached hydrogen (secondary N) is 1. The maximum Gasteiger partial charge on any atom is 0.263 e. The smallest absolute Gasteiger partial charge is 0.263 e. The Morgan fingerprint density at radius 1 is 1.10 bits per heavy atom. The third-order valence-electron chi connectivity index (χ3n) is 2.35. The number of rotatable bonds is 3. The van der Waals surface area contributed by atoms with E-state index in [-0.39, 0.29) is 15.6 Å². The molecule has 8 heteroatoms. The molecule has 0 heterocycles. The zero-order chi connectivity index (χ0) is 14.9. The predicted octanol–water partition coefficient (Wildman–Crippen LogP) is 4.80. The van der Waals surface area contributed by atoms with Crippen LogP contribution in [-0.2, 0) is 10.0 Å². The fourth-order valence-electron chi connectivity index (χ4n) is 1.45. The molecule has 0 bridgehead atoms. The molecule has 0 radical (unpaired) electrons. The second-order valence-corrected chi connectivity index (χ2v) is 7.64. The minimum absolute atomic E-state index is 0.0623. The molecule has 0 aromatic heterocycles. The third kappa shape index (κ3) is 3.52. The first-order valence-electron chi connectivity index (χ1n) is 5.22. The zero-order valence-corrected chi connectivity index (χ0v) is 14.4. The van der Waals surface area contributed by atoms with Gasteiger partial charge in [-0.1, -0.05) is 27.5 Å². The van der Waals surface area contributed by atoms with E-state index < -0.39 is 15.8 Å². The minimum atomic E-state index is -3.80. The van der Waals surface area contributed by atoms with Gasteiger partial charge in [0.15, 0.2) is 0 Å². The van der Waals surface area contributed by atoms with Crippen LogP contribution in [0.4, 0.5) is 10.1 Å². The molecule has 1 N–H and O–H groups in total. The molecule has 0 amide bonds. The quantitative estimate of drug-likeness (QED) is 0.741. The van der Waals surface area contributed by atoms with Gasteiger partial charge in [0.2, 0.25) is 0 Å². The standard InChI is InChI=1S/C12H7Br2ClFNO2S/c13-7-1-3-9(14)12(5-7)20(18,19)17-8-2-4-11(16)10(15)6-8/h1-6,17H. The largest absolute Gasteiger partial charge is 0.280 e. The van der Waals surface area contributed by atoms with Crippen molar-refractivity contribution in [1.29, 1.82) is 0 Å². The van der Waals surface area contributed by atoms with Crippen LogP contribution in [0.3, 0.4) is 0 Å². The predicted molar refractivity (Wildman–Crippen MR) is 84.1 cm³/mol. The van der Waals surface area contributed by atoms with Crippen LogP contribution in [-0.4, -0.2) is 8.42 Å². The summed E-state index contributed by atoms with van der Waals surface area (Å²) in [6, 6.07) is 8.37. The maximum atomic E-state index is 13.0. The van der Waals surface area contributed by atoms with Gasteiger partial charge in [-0.2, -0.15) is 0 Å². The average Bonchev–Trinajstić information content (AvgIpc) is 2.36. The van der Waals surface area contributed by atoms with E-state index in [1.807, 2.05) is 0 Å². The fourth-order valence-corrected chi connectivity index (χ4v) is 4.19. The Kier molecular flexibility index (Phi) is 4.73. The van der Waals surface area contributed by atoms with Crippen LogP contribution in [0.5, 0.6) is 0 Å². The number of hydrogen-bond donors (Lipinski definition) is 1. The molecule has 0 fully saturated rings. The van der Waals surface area contributed by atoms with Crippen molar-refractivity contribution < 1.29 is 12.8 Å². The van der Waals surface area contributed by atoms with Crippen molar-refractivity contribution in [3.8, 4) is 0 Å². The van der Waals surface area contributed by atoms with E-state index >= 15 is 0 Å². The molecule has 0 unspecified atom stereocenters. The van der Waals surface area contributed by atoms with Gasteiger partial charge < -0.3 is 0 Å². The number of sulfonamides is 1. The lowest BCUT2D eigenvalue weighted by Crippen LogP contribution is -2.13. The second kappa shape index (κ2) is 6.01. The highest BCUT2D eigenvalue weighted by Gasteiger charge is 2.18. The van der Waals surface area contributed by atoms with E-state index in [1.165, 1.54) is 18.2 Å².